The minimum absolute atomic E-state index is 0.0167. The van der Waals surface area contributed by atoms with Crippen molar-refractivity contribution in [3.05, 3.63) is 0 Å². The second-order valence-electron chi connectivity index (χ2n) is 5.17. The Morgan fingerprint density at radius 1 is 1.25 bits per heavy atom. The average Bonchev–Trinajstić information content (AvgIpc) is 2.49. The number of carbonyl (C=O) groups is 2. The summed E-state index contributed by atoms with van der Waals surface area (Å²) in [6.07, 6.45) is 0.368. The van der Waals surface area contributed by atoms with Crippen LogP contribution < -0.4 is 5.32 Å². The Hall–Kier alpha value is -1.18. The lowest BCUT2D eigenvalue weighted by molar-refractivity contribution is -0.142. The molecule has 0 radical (unpaired) electrons. The lowest BCUT2D eigenvalue weighted by Crippen LogP contribution is -2.48. The number of ether oxygens (including phenoxy) is 2. The molecule has 2 heterocycles. The van der Waals surface area contributed by atoms with Gasteiger partial charge in [0, 0.05) is 39.1 Å². The molecule has 2 aliphatic heterocycles. The summed E-state index contributed by atoms with van der Waals surface area (Å²) in [7, 11) is 1.67. The van der Waals surface area contributed by atoms with E-state index in [9.17, 15) is 9.59 Å². The highest BCUT2D eigenvalue weighted by molar-refractivity contribution is 5.85. The largest absolute Gasteiger partial charge is 0.378 e. The zero-order valence-corrected chi connectivity index (χ0v) is 12.0. The molecule has 114 valence electrons. The van der Waals surface area contributed by atoms with E-state index < -0.39 is 0 Å². The van der Waals surface area contributed by atoms with Gasteiger partial charge in [-0.15, -0.1) is 0 Å². The van der Waals surface area contributed by atoms with Crippen molar-refractivity contribution >= 4 is 11.8 Å². The minimum Gasteiger partial charge on any atom is -0.378 e. The van der Waals surface area contributed by atoms with Crippen LogP contribution in [0.5, 0.6) is 0 Å². The molecular weight excluding hydrogens is 262 g/mol. The molecule has 20 heavy (non-hydrogen) atoms. The number of amides is 2. The predicted octanol–water partition coefficient (Wildman–Crippen LogP) is -1.32. The molecule has 0 aliphatic carbocycles. The fourth-order valence-electron chi connectivity index (χ4n) is 2.32. The van der Waals surface area contributed by atoms with Crippen molar-refractivity contribution in [2.75, 3.05) is 59.7 Å². The van der Waals surface area contributed by atoms with Crippen LogP contribution in [0.1, 0.15) is 6.42 Å². The first kappa shape index (κ1) is 15.2. The van der Waals surface area contributed by atoms with E-state index in [0.29, 0.717) is 45.9 Å². The van der Waals surface area contributed by atoms with E-state index >= 15 is 0 Å². The van der Waals surface area contributed by atoms with Gasteiger partial charge in [0.1, 0.15) is 0 Å². The summed E-state index contributed by atoms with van der Waals surface area (Å²) < 4.78 is 10.5. The van der Waals surface area contributed by atoms with Gasteiger partial charge in [-0.2, -0.15) is 0 Å². The molecule has 2 fully saturated rings. The smallest absolute Gasteiger partial charge is 0.242 e. The van der Waals surface area contributed by atoms with Crippen LogP contribution in [0.25, 0.3) is 0 Å². The summed E-state index contributed by atoms with van der Waals surface area (Å²) in [5.41, 5.74) is 0. The molecule has 0 aromatic carbocycles. The Balaban J connectivity index is 1.73. The van der Waals surface area contributed by atoms with Gasteiger partial charge in [-0.1, -0.05) is 0 Å². The van der Waals surface area contributed by atoms with Crippen molar-refractivity contribution in [1.29, 1.82) is 0 Å². The molecule has 0 spiro atoms. The second kappa shape index (κ2) is 7.56. The average molecular weight is 285 g/mol. The Kier molecular flexibility index (Phi) is 5.75. The third kappa shape index (κ3) is 4.43. The van der Waals surface area contributed by atoms with Gasteiger partial charge in [0.2, 0.25) is 11.8 Å². The monoisotopic (exact) mass is 285 g/mol. The Morgan fingerprint density at radius 2 is 2.00 bits per heavy atom. The fraction of sp³-hybridized carbons (Fsp3) is 0.846. The van der Waals surface area contributed by atoms with E-state index in [-0.39, 0.29) is 24.4 Å². The summed E-state index contributed by atoms with van der Waals surface area (Å²) in [5.74, 6) is -0.0494. The van der Waals surface area contributed by atoms with Gasteiger partial charge < -0.3 is 24.6 Å². The van der Waals surface area contributed by atoms with Gasteiger partial charge in [-0.25, -0.2) is 0 Å². The second-order valence-corrected chi connectivity index (χ2v) is 5.17. The van der Waals surface area contributed by atoms with Crippen LogP contribution in [-0.4, -0.2) is 87.3 Å². The number of nitrogens with zero attached hydrogens (tertiary/aromatic N) is 2. The van der Waals surface area contributed by atoms with E-state index in [1.807, 2.05) is 0 Å². The van der Waals surface area contributed by atoms with Crippen molar-refractivity contribution in [1.82, 2.24) is 15.1 Å². The number of hydrogen-bond acceptors (Lipinski definition) is 5. The molecule has 7 heteroatoms. The molecule has 2 rings (SSSR count). The van der Waals surface area contributed by atoms with Crippen LogP contribution >= 0.6 is 0 Å². The van der Waals surface area contributed by atoms with Crippen molar-refractivity contribution in [2.45, 2.75) is 12.5 Å². The lowest BCUT2D eigenvalue weighted by atomic mass is 10.2. The minimum atomic E-state index is -0.0328. The number of rotatable bonds is 4. The van der Waals surface area contributed by atoms with Crippen molar-refractivity contribution < 1.29 is 19.1 Å². The number of nitrogens with one attached hydrogen (secondary N) is 1. The maximum absolute atomic E-state index is 12.1. The van der Waals surface area contributed by atoms with Crippen molar-refractivity contribution in [2.24, 2.45) is 0 Å². The van der Waals surface area contributed by atoms with E-state index in [0.717, 1.165) is 6.54 Å². The van der Waals surface area contributed by atoms with Crippen LogP contribution in [0.2, 0.25) is 0 Å². The highest BCUT2D eigenvalue weighted by Gasteiger charge is 2.23. The zero-order valence-electron chi connectivity index (χ0n) is 12.0. The molecule has 0 aromatic heterocycles. The normalized spacial score (nSPS) is 23.4. The molecule has 0 bridgehead atoms. The van der Waals surface area contributed by atoms with Crippen molar-refractivity contribution in [3.63, 3.8) is 0 Å². The van der Waals surface area contributed by atoms with Gasteiger partial charge >= 0.3 is 0 Å². The molecule has 0 saturated carbocycles. The molecule has 2 amide bonds. The summed E-state index contributed by atoms with van der Waals surface area (Å²) in [6.45, 7) is 4.52. The Bertz CT molecular complexity index is 339. The molecule has 2 saturated heterocycles. The Labute approximate surface area is 119 Å². The molecule has 0 aromatic rings. The molecule has 1 atom stereocenters. The standard InChI is InChI=1S/C13H23N3O4/c1-15(9-13(18)16-3-6-19-7-4-16)12(17)8-11-10-20-5-2-14-11/h11,14H,2-10H2,1H3. The summed E-state index contributed by atoms with van der Waals surface area (Å²) in [6, 6.07) is 0.0530. The summed E-state index contributed by atoms with van der Waals surface area (Å²) in [5, 5.41) is 3.24. The number of carbonyl (C=O) groups excluding carboxylic acids is 2. The SMILES string of the molecule is CN(CC(=O)N1CCOCC1)C(=O)CC1COCCN1. The van der Waals surface area contributed by atoms with Gasteiger partial charge in [-0.3, -0.25) is 9.59 Å². The summed E-state index contributed by atoms with van der Waals surface area (Å²) >= 11 is 0. The van der Waals surface area contributed by atoms with Crippen molar-refractivity contribution in [3.8, 4) is 0 Å². The quantitative estimate of drug-likeness (QED) is 0.694. The summed E-state index contributed by atoms with van der Waals surface area (Å²) in [4.78, 5) is 27.3. The molecular formula is C13H23N3O4. The maximum Gasteiger partial charge on any atom is 0.242 e. The van der Waals surface area contributed by atoms with E-state index in [1.165, 1.54) is 4.90 Å². The lowest BCUT2D eigenvalue weighted by Gasteiger charge is -2.29. The Morgan fingerprint density at radius 3 is 2.65 bits per heavy atom. The number of likely N-dealkylation sites (N-methyl/N-ethyl adjacent to an activating group) is 1. The van der Waals surface area contributed by atoms with Gasteiger partial charge in [-0.05, 0) is 0 Å². The maximum atomic E-state index is 12.1. The first-order chi connectivity index (χ1) is 9.66. The molecule has 7 nitrogen and oxygen atoms in total. The number of hydrogen-bond donors (Lipinski definition) is 1. The van der Waals surface area contributed by atoms with Gasteiger partial charge in [0.15, 0.2) is 0 Å². The zero-order chi connectivity index (χ0) is 14.4. The fourth-order valence-corrected chi connectivity index (χ4v) is 2.32. The van der Waals surface area contributed by atoms with Crippen LogP contribution in [-0.2, 0) is 19.1 Å². The first-order valence-electron chi connectivity index (χ1n) is 7.07. The highest BCUT2D eigenvalue weighted by Crippen LogP contribution is 2.03. The van der Waals surface area contributed by atoms with E-state index in [4.69, 9.17) is 9.47 Å². The third-order valence-corrected chi connectivity index (χ3v) is 3.58. The third-order valence-electron chi connectivity index (χ3n) is 3.58. The van der Waals surface area contributed by atoms with Gasteiger partial charge in [0.25, 0.3) is 0 Å². The molecule has 1 N–H and O–H groups in total. The van der Waals surface area contributed by atoms with Gasteiger partial charge in [0.05, 0.1) is 33.0 Å². The molecule has 2 aliphatic rings. The van der Waals surface area contributed by atoms with E-state index in [2.05, 4.69) is 5.32 Å². The van der Waals surface area contributed by atoms with Crippen LogP contribution in [0.3, 0.4) is 0 Å². The predicted molar refractivity (Wildman–Crippen MR) is 72.3 cm³/mol. The van der Waals surface area contributed by atoms with Crippen LogP contribution in [0.4, 0.5) is 0 Å². The van der Waals surface area contributed by atoms with E-state index in [1.54, 1.807) is 11.9 Å². The van der Waals surface area contributed by atoms with Crippen LogP contribution in [0.15, 0.2) is 0 Å². The first-order valence-corrected chi connectivity index (χ1v) is 7.07. The number of morpholine rings is 2. The molecule has 1 unspecified atom stereocenters. The topological polar surface area (TPSA) is 71.1 Å². The highest BCUT2D eigenvalue weighted by atomic mass is 16.5. The van der Waals surface area contributed by atoms with Crippen LogP contribution in [0, 0.1) is 0 Å².